The van der Waals surface area contributed by atoms with Gasteiger partial charge in [-0.25, -0.2) is 0 Å². The van der Waals surface area contributed by atoms with Crippen LogP contribution in [0.3, 0.4) is 0 Å². The van der Waals surface area contributed by atoms with E-state index >= 15 is 0 Å². The molecule has 21 heavy (non-hydrogen) atoms. The van der Waals surface area contributed by atoms with Gasteiger partial charge in [0, 0.05) is 36.6 Å². The number of nitrogens with two attached hydrogens (primary N) is 1. The molecule has 3 N–H and O–H groups in total. The van der Waals surface area contributed by atoms with Crippen molar-refractivity contribution in [1.82, 2.24) is 0 Å². The fraction of sp³-hybridized carbons (Fsp3) is 0.625. The Morgan fingerprint density at radius 3 is 2.57 bits per heavy atom. The zero-order valence-corrected chi connectivity index (χ0v) is 13.4. The summed E-state index contributed by atoms with van der Waals surface area (Å²) in [7, 11) is 3.32. The van der Waals surface area contributed by atoms with Crippen molar-refractivity contribution >= 4 is 11.6 Å². The molecule has 2 unspecified atom stereocenters. The first-order valence-corrected chi connectivity index (χ1v) is 7.70. The normalized spacial score (nSPS) is 19.7. The predicted octanol–water partition coefficient (Wildman–Crippen LogP) is 2.71. The molecule has 2 rings (SSSR count). The van der Waals surface area contributed by atoms with E-state index in [1.54, 1.807) is 20.3 Å². The van der Waals surface area contributed by atoms with E-state index in [2.05, 4.69) is 0 Å². The fourth-order valence-corrected chi connectivity index (χ4v) is 3.25. The van der Waals surface area contributed by atoms with Gasteiger partial charge in [-0.15, -0.1) is 0 Å². The Kier molecular flexibility index (Phi) is 5.49. The number of hydrogen-bond donors (Lipinski definition) is 2. The lowest BCUT2D eigenvalue weighted by Gasteiger charge is -2.43. The molecule has 1 aliphatic rings. The van der Waals surface area contributed by atoms with Crippen LogP contribution in [0.25, 0.3) is 0 Å². The molecule has 118 valence electrons. The predicted molar refractivity (Wildman–Crippen MR) is 84.0 cm³/mol. The van der Waals surface area contributed by atoms with E-state index in [0.717, 1.165) is 24.8 Å². The third-order valence-corrected chi connectivity index (χ3v) is 4.82. The van der Waals surface area contributed by atoms with Crippen molar-refractivity contribution in [2.75, 3.05) is 20.8 Å². The monoisotopic (exact) mass is 313 g/mol. The Labute approximate surface area is 131 Å². The summed E-state index contributed by atoms with van der Waals surface area (Å²) < 4.78 is 11.0. The van der Waals surface area contributed by atoms with Crippen LogP contribution in [0.4, 0.5) is 0 Å². The van der Waals surface area contributed by atoms with Crippen LogP contribution in [0.2, 0.25) is 5.02 Å². The van der Waals surface area contributed by atoms with Gasteiger partial charge in [-0.05, 0) is 37.5 Å². The lowest BCUT2D eigenvalue weighted by atomic mass is 9.73. The standard InChI is InChI=1S/C16H24ClNO3/c1-20-15-5-4-11(17)8-12(15)13(10-18)14(19)9-16(21-2)6-3-7-16/h4-5,8,13-14,19H,3,6-7,9-10,18H2,1-2H3. The molecule has 0 amide bonds. The lowest BCUT2D eigenvalue weighted by Crippen LogP contribution is -2.44. The van der Waals surface area contributed by atoms with Gasteiger partial charge in [-0.2, -0.15) is 0 Å². The van der Waals surface area contributed by atoms with E-state index in [-0.39, 0.29) is 11.5 Å². The van der Waals surface area contributed by atoms with Crippen molar-refractivity contribution in [1.29, 1.82) is 0 Å². The van der Waals surface area contributed by atoms with Gasteiger partial charge in [-0.1, -0.05) is 11.6 Å². The van der Waals surface area contributed by atoms with Crippen molar-refractivity contribution in [2.45, 2.75) is 43.3 Å². The maximum absolute atomic E-state index is 10.6. The largest absolute Gasteiger partial charge is 0.496 e. The first-order chi connectivity index (χ1) is 10.0. The first kappa shape index (κ1) is 16.6. The van der Waals surface area contributed by atoms with E-state index in [0.29, 0.717) is 23.7 Å². The Hall–Kier alpha value is -0.810. The molecule has 1 aliphatic carbocycles. The molecule has 0 heterocycles. The number of halogens is 1. The average molecular weight is 314 g/mol. The molecule has 0 spiro atoms. The van der Waals surface area contributed by atoms with Crippen molar-refractivity contribution in [3.8, 4) is 5.75 Å². The molecule has 0 radical (unpaired) electrons. The van der Waals surface area contributed by atoms with E-state index in [4.69, 9.17) is 26.8 Å². The van der Waals surface area contributed by atoms with Gasteiger partial charge in [0.2, 0.25) is 0 Å². The van der Waals surface area contributed by atoms with Gasteiger partial charge >= 0.3 is 0 Å². The fourth-order valence-electron chi connectivity index (χ4n) is 3.07. The second kappa shape index (κ2) is 6.97. The first-order valence-electron chi connectivity index (χ1n) is 7.32. The molecule has 4 nitrogen and oxygen atoms in total. The van der Waals surface area contributed by atoms with E-state index in [1.807, 2.05) is 12.1 Å². The number of methoxy groups -OCH3 is 2. The van der Waals surface area contributed by atoms with Gasteiger partial charge < -0.3 is 20.3 Å². The van der Waals surface area contributed by atoms with Crippen LogP contribution in [-0.4, -0.2) is 37.6 Å². The summed E-state index contributed by atoms with van der Waals surface area (Å²) in [6.45, 7) is 0.331. The highest BCUT2D eigenvalue weighted by Crippen LogP contribution is 2.42. The van der Waals surface area contributed by atoms with E-state index in [1.165, 1.54) is 0 Å². The third kappa shape index (κ3) is 3.51. The lowest BCUT2D eigenvalue weighted by molar-refractivity contribution is -0.102. The number of aliphatic hydroxyl groups excluding tert-OH is 1. The summed E-state index contributed by atoms with van der Waals surface area (Å²) in [6, 6.07) is 5.40. The maximum Gasteiger partial charge on any atom is 0.122 e. The smallest absolute Gasteiger partial charge is 0.122 e. The summed E-state index contributed by atoms with van der Waals surface area (Å²) in [4.78, 5) is 0. The molecule has 5 heteroatoms. The second-order valence-corrected chi connectivity index (χ2v) is 6.18. The zero-order chi connectivity index (χ0) is 15.5. The van der Waals surface area contributed by atoms with E-state index < -0.39 is 6.10 Å². The molecule has 0 aromatic heterocycles. The van der Waals surface area contributed by atoms with Crippen LogP contribution >= 0.6 is 11.6 Å². The summed E-state index contributed by atoms with van der Waals surface area (Å²) >= 11 is 6.08. The highest BCUT2D eigenvalue weighted by molar-refractivity contribution is 6.30. The van der Waals surface area contributed by atoms with Crippen molar-refractivity contribution in [3.05, 3.63) is 28.8 Å². The molecular formula is C16H24ClNO3. The number of ether oxygens (including phenoxy) is 2. The Morgan fingerprint density at radius 1 is 1.38 bits per heavy atom. The quantitative estimate of drug-likeness (QED) is 0.812. The SMILES string of the molecule is COc1ccc(Cl)cc1C(CN)C(O)CC1(OC)CCC1. The van der Waals surface area contributed by atoms with Gasteiger partial charge in [-0.3, -0.25) is 0 Å². The Balaban J connectivity index is 2.20. The minimum Gasteiger partial charge on any atom is -0.496 e. The van der Waals surface area contributed by atoms with Crippen molar-refractivity contribution < 1.29 is 14.6 Å². The molecule has 0 saturated heterocycles. The van der Waals surface area contributed by atoms with Crippen LogP contribution in [0.15, 0.2) is 18.2 Å². The van der Waals surface area contributed by atoms with Gasteiger partial charge in [0.25, 0.3) is 0 Å². The minimum absolute atomic E-state index is 0.196. The average Bonchev–Trinajstić information content (AvgIpc) is 2.44. The summed E-state index contributed by atoms with van der Waals surface area (Å²) in [5.41, 5.74) is 6.56. The third-order valence-electron chi connectivity index (χ3n) is 4.59. The Bertz CT molecular complexity index is 471. The van der Waals surface area contributed by atoms with E-state index in [9.17, 15) is 5.11 Å². The maximum atomic E-state index is 10.6. The molecular weight excluding hydrogens is 290 g/mol. The molecule has 0 bridgehead atoms. The van der Waals surface area contributed by atoms with Gasteiger partial charge in [0.05, 0.1) is 18.8 Å². The van der Waals surface area contributed by atoms with Gasteiger partial charge in [0.1, 0.15) is 5.75 Å². The van der Waals surface area contributed by atoms with Crippen molar-refractivity contribution in [2.24, 2.45) is 5.73 Å². The number of hydrogen-bond acceptors (Lipinski definition) is 4. The highest BCUT2D eigenvalue weighted by atomic mass is 35.5. The van der Waals surface area contributed by atoms with Gasteiger partial charge in [0.15, 0.2) is 0 Å². The number of rotatable bonds is 7. The van der Waals surface area contributed by atoms with Crippen molar-refractivity contribution in [3.63, 3.8) is 0 Å². The molecule has 1 aromatic carbocycles. The summed E-state index contributed by atoms with van der Waals surface area (Å²) in [5, 5.41) is 11.3. The molecule has 0 aliphatic heterocycles. The minimum atomic E-state index is -0.581. The second-order valence-electron chi connectivity index (χ2n) is 5.74. The number of benzene rings is 1. The highest BCUT2D eigenvalue weighted by Gasteiger charge is 2.40. The van der Waals surface area contributed by atoms with Crippen LogP contribution in [-0.2, 0) is 4.74 Å². The molecule has 1 aromatic rings. The van der Waals surface area contributed by atoms with Crippen LogP contribution in [0.5, 0.6) is 5.75 Å². The summed E-state index contributed by atoms with van der Waals surface area (Å²) in [5.74, 6) is 0.486. The van der Waals surface area contributed by atoms with Crippen LogP contribution < -0.4 is 10.5 Å². The molecule has 1 fully saturated rings. The topological polar surface area (TPSA) is 64.7 Å². The molecule has 2 atom stereocenters. The zero-order valence-electron chi connectivity index (χ0n) is 12.6. The molecule has 1 saturated carbocycles. The van der Waals surface area contributed by atoms with Crippen LogP contribution in [0, 0.1) is 0 Å². The number of aliphatic hydroxyl groups is 1. The Morgan fingerprint density at radius 2 is 2.10 bits per heavy atom. The van der Waals surface area contributed by atoms with Crippen LogP contribution in [0.1, 0.15) is 37.2 Å². The summed E-state index contributed by atoms with van der Waals surface area (Å²) in [6.07, 6.45) is 3.13.